The molecule has 1 heterocycles. The first-order chi connectivity index (χ1) is 9.54. The lowest BCUT2D eigenvalue weighted by atomic mass is 9.97. The van der Waals surface area contributed by atoms with E-state index in [1.165, 1.54) is 0 Å². The van der Waals surface area contributed by atoms with Gasteiger partial charge in [-0.1, -0.05) is 18.2 Å². The van der Waals surface area contributed by atoms with Gasteiger partial charge in [-0.2, -0.15) is 0 Å². The summed E-state index contributed by atoms with van der Waals surface area (Å²) in [4.78, 5) is 11.9. The molecular weight excluding hydrogens is 266 g/mol. The summed E-state index contributed by atoms with van der Waals surface area (Å²) in [5, 5.41) is 40.7. The third-order valence-corrected chi connectivity index (χ3v) is 3.23. The van der Waals surface area contributed by atoms with E-state index < -0.39 is 43.2 Å². The Hall–Kier alpha value is -1.51. The Balaban J connectivity index is 2.07. The molecule has 7 nitrogen and oxygen atoms in total. The maximum atomic E-state index is 11.9. The number of carbonyl (C=O) groups is 1. The van der Waals surface area contributed by atoms with Crippen LogP contribution >= 0.6 is 0 Å². The zero-order valence-corrected chi connectivity index (χ0v) is 10.6. The molecule has 110 valence electrons. The van der Waals surface area contributed by atoms with Crippen molar-refractivity contribution < 1.29 is 30.0 Å². The first-order valence-electron chi connectivity index (χ1n) is 6.21. The number of carbonyl (C=O) groups excluding carboxylic acids is 1. The third kappa shape index (κ3) is 2.97. The highest BCUT2D eigenvalue weighted by Gasteiger charge is 2.44. The van der Waals surface area contributed by atoms with Crippen LogP contribution in [0, 0.1) is 0 Å². The Labute approximate surface area is 115 Å². The molecule has 1 fully saturated rings. The SMILES string of the molecule is O=C(N[C@H]1[C@H](O)[C@H](O)[C@H](CO)O[C@@H]1O)c1ccccc1. The first kappa shape index (κ1) is 14.9. The largest absolute Gasteiger partial charge is 0.394 e. The van der Waals surface area contributed by atoms with E-state index in [0.29, 0.717) is 5.56 Å². The maximum absolute atomic E-state index is 11.9. The molecule has 5 atom stereocenters. The molecule has 1 aliphatic rings. The van der Waals surface area contributed by atoms with Gasteiger partial charge in [-0.05, 0) is 12.1 Å². The molecule has 0 spiro atoms. The van der Waals surface area contributed by atoms with Crippen LogP contribution in [-0.2, 0) is 4.74 Å². The number of nitrogens with one attached hydrogen (secondary N) is 1. The van der Waals surface area contributed by atoms with Crippen LogP contribution in [0.2, 0.25) is 0 Å². The predicted molar refractivity (Wildman–Crippen MR) is 67.7 cm³/mol. The topological polar surface area (TPSA) is 119 Å². The molecule has 1 aliphatic heterocycles. The Morgan fingerprint density at radius 2 is 1.80 bits per heavy atom. The van der Waals surface area contributed by atoms with Crippen molar-refractivity contribution >= 4 is 5.91 Å². The van der Waals surface area contributed by atoms with Gasteiger partial charge in [-0.3, -0.25) is 4.79 Å². The van der Waals surface area contributed by atoms with Gasteiger partial charge in [-0.25, -0.2) is 0 Å². The smallest absolute Gasteiger partial charge is 0.251 e. The average Bonchev–Trinajstić information content (AvgIpc) is 2.48. The van der Waals surface area contributed by atoms with Gasteiger partial charge in [0.15, 0.2) is 6.29 Å². The molecule has 1 aromatic rings. The molecule has 5 N–H and O–H groups in total. The molecule has 0 radical (unpaired) electrons. The number of amides is 1. The van der Waals surface area contributed by atoms with Crippen LogP contribution in [0.1, 0.15) is 10.4 Å². The minimum atomic E-state index is -1.52. The monoisotopic (exact) mass is 283 g/mol. The molecule has 0 aliphatic carbocycles. The number of rotatable bonds is 3. The second kappa shape index (κ2) is 6.29. The number of ether oxygens (including phenoxy) is 1. The minimum absolute atomic E-state index is 0.352. The van der Waals surface area contributed by atoms with Crippen molar-refractivity contribution in [1.82, 2.24) is 5.32 Å². The second-order valence-corrected chi connectivity index (χ2v) is 4.59. The lowest BCUT2D eigenvalue weighted by Gasteiger charge is -2.40. The fourth-order valence-corrected chi connectivity index (χ4v) is 2.08. The molecule has 20 heavy (non-hydrogen) atoms. The second-order valence-electron chi connectivity index (χ2n) is 4.59. The molecule has 2 rings (SSSR count). The van der Waals surface area contributed by atoms with E-state index in [4.69, 9.17) is 9.84 Å². The Kier molecular flexibility index (Phi) is 4.69. The molecule has 0 bridgehead atoms. The van der Waals surface area contributed by atoms with E-state index in [0.717, 1.165) is 0 Å². The lowest BCUT2D eigenvalue weighted by molar-refractivity contribution is -0.252. The van der Waals surface area contributed by atoms with E-state index in [2.05, 4.69) is 5.32 Å². The van der Waals surface area contributed by atoms with Gasteiger partial charge in [0.05, 0.1) is 6.61 Å². The zero-order valence-electron chi connectivity index (χ0n) is 10.6. The third-order valence-electron chi connectivity index (χ3n) is 3.23. The number of benzene rings is 1. The average molecular weight is 283 g/mol. The summed E-state index contributed by atoms with van der Waals surface area (Å²) >= 11 is 0. The van der Waals surface area contributed by atoms with Gasteiger partial charge in [0, 0.05) is 5.56 Å². The van der Waals surface area contributed by atoms with Crippen molar-refractivity contribution in [3.05, 3.63) is 35.9 Å². The Bertz CT molecular complexity index is 453. The summed E-state index contributed by atoms with van der Waals surface area (Å²) in [6, 6.07) is 7.07. The van der Waals surface area contributed by atoms with Gasteiger partial charge in [0.25, 0.3) is 5.91 Å². The van der Waals surface area contributed by atoms with Crippen LogP contribution < -0.4 is 5.32 Å². The zero-order chi connectivity index (χ0) is 14.7. The van der Waals surface area contributed by atoms with Gasteiger partial charge in [-0.15, -0.1) is 0 Å². The van der Waals surface area contributed by atoms with Crippen LogP contribution in [0.4, 0.5) is 0 Å². The van der Waals surface area contributed by atoms with E-state index in [9.17, 15) is 20.1 Å². The quantitative estimate of drug-likeness (QED) is 0.447. The van der Waals surface area contributed by atoms with E-state index >= 15 is 0 Å². The molecule has 0 aromatic heterocycles. The van der Waals surface area contributed by atoms with E-state index in [1.807, 2.05) is 0 Å². The van der Waals surface area contributed by atoms with Crippen molar-refractivity contribution in [2.24, 2.45) is 0 Å². The highest BCUT2D eigenvalue weighted by atomic mass is 16.6. The van der Waals surface area contributed by atoms with Crippen molar-refractivity contribution in [2.75, 3.05) is 6.61 Å². The van der Waals surface area contributed by atoms with Crippen LogP contribution in [-0.4, -0.2) is 63.6 Å². The highest BCUT2D eigenvalue weighted by Crippen LogP contribution is 2.20. The van der Waals surface area contributed by atoms with Crippen molar-refractivity contribution in [2.45, 2.75) is 30.6 Å². The van der Waals surface area contributed by atoms with Crippen LogP contribution in [0.3, 0.4) is 0 Å². The summed E-state index contributed by atoms with van der Waals surface area (Å²) in [5.74, 6) is -0.507. The van der Waals surface area contributed by atoms with E-state index in [-0.39, 0.29) is 0 Å². The predicted octanol–water partition coefficient (Wildman–Crippen LogP) is -1.78. The minimum Gasteiger partial charge on any atom is -0.394 e. The number of hydrogen-bond donors (Lipinski definition) is 5. The van der Waals surface area contributed by atoms with Crippen LogP contribution in [0.25, 0.3) is 0 Å². The first-order valence-corrected chi connectivity index (χ1v) is 6.21. The van der Waals surface area contributed by atoms with Gasteiger partial charge in [0.2, 0.25) is 0 Å². The molecule has 1 amide bonds. The fraction of sp³-hybridized carbons (Fsp3) is 0.462. The van der Waals surface area contributed by atoms with Crippen LogP contribution in [0.5, 0.6) is 0 Å². The maximum Gasteiger partial charge on any atom is 0.251 e. The molecular formula is C13H17NO6. The molecule has 0 unspecified atom stereocenters. The number of hydrogen-bond acceptors (Lipinski definition) is 6. The molecule has 0 saturated carbocycles. The van der Waals surface area contributed by atoms with Gasteiger partial charge < -0.3 is 30.5 Å². The van der Waals surface area contributed by atoms with Gasteiger partial charge >= 0.3 is 0 Å². The van der Waals surface area contributed by atoms with Crippen molar-refractivity contribution in [3.8, 4) is 0 Å². The van der Waals surface area contributed by atoms with Crippen molar-refractivity contribution in [3.63, 3.8) is 0 Å². The summed E-state index contributed by atoms with van der Waals surface area (Å²) in [7, 11) is 0. The summed E-state index contributed by atoms with van der Waals surface area (Å²) < 4.78 is 4.95. The van der Waals surface area contributed by atoms with Crippen LogP contribution in [0.15, 0.2) is 30.3 Å². The molecule has 1 aromatic carbocycles. The number of aliphatic hydroxyl groups excluding tert-OH is 4. The number of aliphatic hydroxyl groups is 4. The lowest BCUT2D eigenvalue weighted by Crippen LogP contribution is -2.64. The summed E-state index contributed by atoms with van der Waals surface area (Å²) in [6.07, 6.45) is -5.45. The summed E-state index contributed by atoms with van der Waals surface area (Å²) in [6.45, 7) is -0.547. The van der Waals surface area contributed by atoms with Gasteiger partial charge in [0.1, 0.15) is 24.4 Å². The normalized spacial score (nSPS) is 33.7. The standard InChI is InChI=1S/C13H17NO6/c15-6-8-10(16)11(17)9(13(19)20-8)14-12(18)7-4-2-1-3-5-7/h1-5,8-11,13,15-17,19H,6H2,(H,14,18)/t8-,9-,10+,11-,13-/m0/s1. The highest BCUT2D eigenvalue weighted by molar-refractivity contribution is 5.94. The fourth-order valence-electron chi connectivity index (χ4n) is 2.08. The Morgan fingerprint density at radius 1 is 1.15 bits per heavy atom. The molecule has 7 heteroatoms. The Morgan fingerprint density at radius 3 is 2.40 bits per heavy atom. The van der Waals surface area contributed by atoms with Crippen molar-refractivity contribution in [1.29, 1.82) is 0 Å². The summed E-state index contributed by atoms with van der Waals surface area (Å²) in [5.41, 5.74) is 0.352. The molecule has 1 saturated heterocycles. The van der Waals surface area contributed by atoms with E-state index in [1.54, 1.807) is 30.3 Å².